The third-order valence-corrected chi connectivity index (χ3v) is 4.53. The van der Waals surface area contributed by atoms with Gasteiger partial charge in [-0.25, -0.2) is 13.1 Å². The number of aromatic nitrogens is 2. The Morgan fingerprint density at radius 2 is 2.30 bits per heavy atom. The van der Waals surface area contributed by atoms with Gasteiger partial charge in [-0.15, -0.1) is 0 Å². The van der Waals surface area contributed by atoms with Crippen LogP contribution in [0.4, 0.5) is 0 Å². The van der Waals surface area contributed by atoms with Crippen LogP contribution in [0, 0.1) is 0 Å². The summed E-state index contributed by atoms with van der Waals surface area (Å²) in [5.41, 5.74) is 1.30. The molecule has 0 radical (unpaired) electrons. The van der Waals surface area contributed by atoms with Crippen molar-refractivity contribution in [3.8, 4) is 0 Å². The lowest BCUT2D eigenvalue weighted by Crippen LogP contribution is -2.37. The summed E-state index contributed by atoms with van der Waals surface area (Å²) in [4.78, 5) is 2.42. The highest BCUT2D eigenvalue weighted by Gasteiger charge is 2.22. The molecule has 1 fully saturated rings. The Hall–Kier alpha value is -0.920. The SMILES string of the molecule is Cn1nccc1C1CCCN(CCCNS(C)(=O)=O)C1. The molecule has 1 aromatic rings. The van der Waals surface area contributed by atoms with Crippen LogP contribution in [-0.4, -0.2) is 55.5 Å². The van der Waals surface area contributed by atoms with E-state index in [4.69, 9.17) is 0 Å². The maximum atomic E-state index is 11.0. The molecular weight excluding hydrogens is 276 g/mol. The molecule has 1 atom stereocenters. The lowest BCUT2D eigenvalue weighted by molar-refractivity contribution is 0.202. The zero-order valence-corrected chi connectivity index (χ0v) is 13.1. The summed E-state index contributed by atoms with van der Waals surface area (Å²) >= 11 is 0. The Morgan fingerprint density at radius 1 is 1.50 bits per heavy atom. The summed E-state index contributed by atoms with van der Waals surface area (Å²) in [6.45, 7) is 3.61. The second kappa shape index (κ2) is 6.69. The Balaban J connectivity index is 1.78. The van der Waals surface area contributed by atoms with Crippen LogP contribution in [0.25, 0.3) is 0 Å². The molecular formula is C13H24N4O2S. The number of hydrogen-bond donors (Lipinski definition) is 1. The molecule has 114 valence electrons. The molecule has 0 bridgehead atoms. The first-order valence-electron chi connectivity index (χ1n) is 7.10. The van der Waals surface area contributed by atoms with Gasteiger partial charge >= 0.3 is 0 Å². The number of piperidine rings is 1. The monoisotopic (exact) mass is 300 g/mol. The molecule has 2 heterocycles. The van der Waals surface area contributed by atoms with Crippen LogP contribution in [0.5, 0.6) is 0 Å². The second-order valence-corrected chi connectivity index (χ2v) is 7.37. The molecule has 1 unspecified atom stereocenters. The highest BCUT2D eigenvalue weighted by molar-refractivity contribution is 7.88. The van der Waals surface area contributed by atoms with Crippen molar-refractivity contribution in [3.63, 3.8) is 0 Å². The van der Waals surface area contributed by atoms with Crippen molar-refractivity contribution in [2.45, 2.75) is 25.2 Å². The van der Waals surface area contributed by atoms with Crippen LogP contribution in [-0.2, 0) is 17.1 Å². The number of sulfonamides is 1. The topological polar surface area (TPSA) is 67.2 Å². The molecule has 1 aliphatic rings. The number of nitrogens with zero attached hydrogens (tertiary/aromatic N) is 3. The molecule has 0 amide bonds. The summed E-state index contributed by atoms with van der Waals surface area (Å²) in [6, 6.07) is 2.10. The van der Waals surface area contributed by atoms with Crippen LogP contribution in [0.1, 0.15) is 30.9 Å². The van der Waals surface area contributed by atoms with Gasteiger partial charge in [0.25, 0.3) is 0 Å². The van der Waals surface area contributed by atoms with Crippen molar-refractivity contribution in [1.82, 2.24) is 19.4 Å². The smallest absolute Gasteiger partial charge is 0.208 e. The summed E-state index contributed by atoms with van der Waals surface area (Å²) in [5, 5.41) is 4.24. The van der Waals surface area contributed by atoms with Crippen molar-refractivity contribution in [2.24, 2.45) is 7.05 Å². The lowest BCUT2D eigenvalue weighted by Gasteiger charge is -2.32. The largest absolute Gasteiger partial charge is 0.303 e. The minimum Gasteiger partial charge on any atom is -0.303 e. The molecule has 2 rings (SSSR count). The molecule has 0 saturated carbocycles. The average molecular weight is 300 g/mol. The summed E-state index contributed by atoms with van der Waals surface area (Å²) < 4.78 is 26.5. The highest BCUT2D eigenvalue weighted by atomic mass is 32.2. The van der Waals surface area contributed by atoms with E-state index in [-0.39, 0.29) is 0 Å². The van der Waals surface area contributed by atoms with E-state index in [1.807, 2.05) is 17.9 Å². The summed E-state index contributed by atoms with van der Waals surface area (Å²) in [6.07, 6.45) is 6.30. The first-order valence-corrected chi connectivity index (χ1v) is 9.00. The van der Waals surface area contributed by atoms with E-state index in [2.05, 4.69) is 20.8 Å². The Morgan fingerprint density at radius 3 is 2.95 bits per heavy atom. The number of aryl methyl sites for hydroxylation is 1. The van der Waals surface area contributed by atoms with E-state index in [0.29, 0.717) is 12.5 Å². The van der Waals surface area contributed by atoms with Gasteiger partial charge in [0.15, 0.2) is 0 Å². The second-order valence-electron chi connectivity index (χ2n) is 5.54. The Labute approximate surface area is 121 Å². The molecule has 1 saturated heterocycles. The van der Waals surface area contributed by atoms with Crippen LogP contribution < -0.4 is 4.72 Å². The molecule has 1 aliphatic heterocycles. The van der Waals surface area contributed by atoms with Crippen LogP contribution in [0.2, 0.25) is 0 Å². The van der Waals surface area contributed by atoms with E-state index < -0.39 is 10.0 Å². The van der Waals surface area contributed by atoms with Crippen LogP contribution in [0.15, 0.2) is 12.3 Å². The fourth-order valence-electron chi connectivity index (χ4n) is 2.84. The van der Waals surface area contributed by atoms with Crippen molar-refractivity contribution in [3.05, 3.63) is 18.0 Å². The molecule has 7 heteroatoms. The molecule has 1 aromatic heterocycles. The predicted molar refractivity (Wildman–Crippen MR) is 79.1 cm³/mol. The van der Waals surface area contributed by atoms with Gasteiger partial charge < -0.3 is 4.90 Å². The standard InChI is InChI=1S/C13H24N4O2S/c1-16-13(6-8-14-16)12-5-3-9-17(11-12)10-4-7-15-20(2,18)19/h6,8,12,15H,3-5,7,9-11H2,1-2H3. The minimum atomic E-state index is -3.06. The first-order chi connectivity index (χ1) is 9.46. The maximum Gasteiger partial charge on any atom is 0.208 e. The molecule has 0 aliphatic carbocycles. The van der Waals surface area contributed by atoms with Crippen LogP contribution in [0.3, 0.4) is 0 Å². The number of hydrogen-bond acceptors (Lipinski definition) is 4. The number of rotatable bonds is 6. The average Bonchev–Trinajstić information content (AvgIpc) is 2.80. The summed E-state index contributed by atoms with van der Waals surface area (Å²) in [7, 11) is -1.07. The summed E-state index contributed by atoms with van der Waals surface area (Å²) in [5.74, 6) is 0.541. The number of nitrogens with one attached hydrogen (secondary N) is 1. The van der Waals surface area contributed by atoms with Gasteiger partial charge in [-0.2, -0.15) is 5.10 Å². The van der Waals surface area contributed by atoms with E-state index in [9.17, 15) is 8.42 Å². The van der Waals surface area contributed by atoms with Gasteiger partial charge in [0.1, 0.15) is 0 Å². The fraction of sp³-hybridized carbons (Fsp3) is 0.769. The van der Waals surface area contributed by atoms with Gasteiger partial charge in [-0.3, -0.25) is 4.68 Å². The van der Waals surface area contributed by atoms with Gasteiger partial charge in [0.2, 0.25) is 10.0 Å². The van der Waals surface area contributed by atoms with Crippen molar-refractivity contribution >= 4 is 10.0 Å². The fourth-order valence-corrected chi connectivity index (χ4v) is 3.36. The van der Waals surface area contributed by atoms with Gasteiger partial charge in [0, 0.05) is 37.9 Å². The highest BCUT2D eigenvalue weighted by Crippen LogP contribution is 2.26. The third-order valence-electron chi connectivity index (χ3n) is 3.80. The van der Waals surface area contributed by atoms with Crippen molar-refractivity contribution in [2.75, 3.05) is 32.4 Å². The van der Waals surface area contributed by atoms with Gasteiger partial charge in [0.05, 0.1) is 6.26 Å². The molecule has 6 nitrogen and oxygen atoms in total. The van der Waals surface area contributed by atoms with E-state index in [1.165, 1.54) is 24.8 Å². The quantitative estimate of drug-likeness (QED) is 0.779. The zero-order chi connectivity index (χ0) is 14.6. The normalized spacial score (nSPS) is 21.2. The van der Waals surface area contributed by atoms with E-state index in [0.717, 1.165) is 26.1 Å². The minimum absolute atomic E-state index is 0.520. The molecule has 0 spiro atoms. The van der Waals surface area contributed by atoms with Crippen LogP contribution >= 0.6 is 0 Å². The first kappa shape index (κ1) is 15.5. The molecule has 1 N–H and O–H groups in total. The number of likely N-dealkylation sites (tertiary alicyclic amines) is 1. The van der Waals surface area contributed by atoms with Gasteiger partial charge in [-0.1, -0.05) is 0 Å². The third kappa shape index (κ3) is 4.57. The molecule has 20 heavy (non-hydrogen) atoms. The molecule has 0 aromatic carbocycles. The van der Waals surface area contributed by atoms with E-state index >= 15 is 0 Å². The Kier molecular flexibility index (Phi) is 5.17. The Bertz CT molecular complexity index is 526. The van der Waals surface area contributed by atoms with Gasteiger partial charge in [-0.05, 0) is 38.4 Å². The van der Waals surface area contributed by atoms with Crippen molar-refractivity contribution < 1.29 is 8.42 Å². The predicted octanol–water partition coefficient (Wildman–Crippen LogP) is 0.539. The zero-order valence-electron chi connectivity index (χ0n) is 12.2. The lowest BCUT2D eigenvalue weighted by atomic mass is 9.94. The maximum absolute atomic E-state index is 11.0. The van der Waals surface area contributed by atoms with E-state index in [1.54, 1.807) is 0 Å². The van der Waals surface area contributed by atoms with Crippen molar-refractivity contribution in [1.29, 1.82) is 0 Å².